The second kappa shape index (κ2) is 9.75. The topological polar surface area (TPSA) is 71.5 Å². The highest BCUT2D eigenvalue weighted by molar-refractivity contribution is 7.09. The summed E-state index contributed by atoms with van der Waals surface area (Å²) in [5.41, 5.74) is 3.46. The minimum atomic E-state index is -0.200. The molecule has 0 bridgehead atoms. The first-order valence-electron chi connectivity index (χ1n) is 11.2. The van der Waals surface area contributed by atoms with Gasteiger partial charge in [-0.1, -0.05) is 57.2 Å². The molecule has 1 aromatic heterocycles. The van der Waals surface area contributed by atoms with Crippen molar-refractivity contribution in [3.8, 4) is 5.75 Å². The van der Waals surface area contributed by atoms with E-state index in [0.29, 0.717) is 29.5 Å². The fourth-order valence-corrected chi connectivity index (χ4v) is 4.44. The molecule has 2 aromatic carbocycles. The Balaban J connectivity index is 1.45. The molecule has 0 unspecified atom stereocenters. The van der Waals surface area contributed by atoms with Gasteiger partial charge in [0.05, 0.1) is 12.2 Å². The van der Waals surface area contributed by atoms with E-state index in [4.69, 9.17) is 4.74 Å². The van der Waals surface area contributed by atoms with Crippen LogP contribution in [-0.2, 0) is 23.2 Å². The van der Waals surface area contributed by atoms with Gasteiger partial charge in [-0.25, -0.2) is 4.98 Å². The van der Waals surface area contributed by atoms with Gasteiger partial charge in [0.2, 0.25) is 0 Å². The molecule has 1 aliphatic rings. The Labute approximate surface area is 198 Å². The van der Waals surface area contributed by atoms with Crippen molar-refractivity contribution in [3.05, 3.63) is 75.7 Å². The van der Waals surface area contributed by atoms with Crippen molar-refractivity contribution in [2.24, 2.45) is 0 Å². The van der Waals surface area contributed by atoms with Gasteiger partial charge in [-0.2, -0.15) is 0 Å². The first kappa shape index (κ1) is 23.0. The van der Waals surface area contributed by atoms with Gasteiger partial charge >= 0.3 is 0 Å². The molecular weight excluding hydrogens is 434 g/mol. The number of thiazole rings is 1. The number of hydrogen-bond acceptors (Lipinski definition) is 5. The summed E-state index contributed by atoms with van der Waals surface area (Å²) in [6, 6.07) is 16.1. The van der Waals surface area contributed by atoms with E-state index in [0.717, 1.165) is 24.1 Å². The SMILES string of the molecule is CCC(C)(C)c1ccc2c(c1)N(Cc1nc(C(=O)NCCc3ccccc3)cs1)C(=O)CO2. The van der Waals surface area contributed by atoms with Crippen molar-refractivity contribution < 1.29 is 14.3 Å². The zero-order valence-corrected chi connectivity index (χ0v) is 20.1. The Hall–Kier alpha value is -3.19. The Morgan fingerprint density at radius 2 is 2.00 bits per heavy atom. The normalized spacial score (nSPS) is 13.4. The zero-order valence-electron chi connectivity index (χ0n) is 19.3. The molecule has 0 radical (unpaired) electrons. The van der Waals surface area contributed by atoms with E-state index in [9.17, 15) is 9.59 Å². The number of nitrogens with one attached hydrogen (secondary N) is 1. The van der Waals surface area contributed by atoms with Crippen LogP contribution in [0.4, 0.5) is 5.69 Å². The molecule has 33 heavy (non-hydrogen) atoms. The number of nitrogens with zero attached hydrogens (tertiary/aromatic N) is 2. The molecule has 0 spiro atoms. The van der Waals surface area contributed by atoms with Gasteiger partial charge in [0.1, 0.15) is 16.5 Å². The summed E-state index contributed by atoms with van der Waals surface area (Å²) in [5, 5.41) is 5.38. The lowest BCUT2D eigenvalue weighted by Gasteiger charge is -2.31. The Kier molecular flexibility index (Phi) is 6.79. The second-order valence-electron chi connectivity index (χ2n) is 8.81. The first-order valence-corrected chi connectivity index (χ1v) is 12.1. The highest BCUT2D eigenvalue weighted by atomic mass is 32.1. The lowest BCUT2D eigenvalue weighted by atomic mass is 9.82. The number of ether oxygens (including phenoxy) is 1. The summed E-state index contributed by atoms with van der Waals surface area (Å²) >= 11 is 1.39. The van der Waals surface area contributed by atoms with Crippen LogP contribution in [0.5, 0.6) is 5.75 Å². The highest BCUT2D eigenvalue weighted by Gasteiger charge is 2.29. The van der Waals surface area contributed by atoms with E-state index in [2.05, 4.69) is 37.1 Å². The predicted octanol–water partition coefficient (Wildman–Crippen LogP) is 4.73. The quantitative estimate of drug-likeness (QED) is 0.524. The molecule has 172 valence electrons. The van der Waals surface area contributed by atoms with Crippen LogP contribution >= 0.6 is 11.3 Å². The number of rotatable bonds is 8. The maximum Gasteiger partial charge on any atom is 0.270 e. The van der Waals surface area contributed by atoms with E-state index in [-0.39, 0.29) is 23.8 Å². The molecule has 0 saturated heterocycles. The van der Waals surface area contributed by atoms with Crippen molar-refractivity contribution in [2.45, 2.75) is 45.6 Å². The average Bonchev–Trinajstić information content (AvgIpc) is 3.30. The molecule has 7 heteroatoms. The third-order valence-electron chi connectivity index (χ3n) is 6.19. The Morgan fingerprint density at radius 1 is 1.21 bits per heavy atom. The van der Waals surface area contributed by atoms with E-state index >= 15 is 0 Å². The number of hydrogen-bond donors (Lipinski definition) is 1. The van der Waals surface area contributed by atoms with Crippen LogP contribution in [0, 0.1) is 0 Å². The second-order valence-corrected chi connectivity index (χ2v) is 9.75. The largest absolute Gasteiger partial charge is 0.482 e. The summed E-state index contributed by atoms with van der Waals surface area (Å²) < 4.78 is 5.66. The molecule has 1 aliphatic heterocycles. The third kappa shape index (κ3) is 5.25. The lowest BCUT2D eigenvalue weighted by Crippen LogP contribution is -2.38. The third-order valence-corrected chi connectivity index (χ3v) is 7.02. The van der Waals surface area contributed by atoms with Crippen LogP contribution in [0.25, 0.3) is 0 Å². The van der Waals surface area contributed by atoms with E-state index in [1.54, 1.807) is 10.3 Å². The molecule has 3 aromatic rings. The van der Waals surface area contributed by atoms with Crippen molar-refractivity contribution in [1.29, 1.82) is 0 Å². The number of carbonyl (C=O) groups is 2. The van der Waals surface area contributed by atoms with Gasteiger partial charge in [-0.3, -0.25) is 14.5 Å². The van der Waals surface area contributed by atoms with Crippen molar-refractivity contribution in [3.63, 3.8) is 0 Å². The van der Waals surface area contributed by atoms with Crippen LogP contribution in [-0.4, -0.2) is 29.9 Å². The number of aromatic nitrogens is 1. The predicted molar refractivity (Wildman–Crippen MR) is 131 cm³/mol. The average molecular weight is 464 g/mol. The lowest BCUT2D eigenvalue weighted by molar-refractivity contribution is -0.121. The number of carbonyl (C=O) groups excluding carboxylic acids is 2. The van der Waals surface area contributed by atoms with Gasteiger partial charge in [0.25, 0.3) is 11.8 Å². The molecule has 6 nitrogen and oxygen atoms in total. The summed E-state index contributed by atoms with van der Waals surface area (Å²) in [6.45, 7) is 7.39. The van der Waals surface area contributed by atoms with Crippen molar-refractivity contribution in [1.82, 2.24) is 10.3 Å². The minimum absolute atomic E-state index is 0.00171. The van der Waals surface area contributed by atoms with Gasteiger partial charge < -0.3 is 10.1 Å². The van der Waals surface area contributed by atoms with Gasteiger partial charge in [-0.05, 0) is 41.5 Å². The van der Waals surface area contributed by atoms with Gasteiger partial charge in [0.15, 0.2) is 6.61 Å². The Bertz CT molecular complexity index is 1140. The standard InChI is InChI=1S/C26H29N3O3S/c1-4-26(2,3)19-10-11-22-21(14-19)29(24(30)16-32-22)15-23-28-20(17-33-23)25(31)27-13-12-18-8-6-5-7-9-18/h5-11,14,17H,4,12-13,15-16H2,1-3H3,(H,27,31). The molecular formula is C26H29N3O3S. The Morgan fingerprint density at radius 3 is 2.76 bits per heavy atom. The smallest absolute Gasteiger partial charge is 0.270 e. The zero-order chi connectivity index (χ0) is 23.4. The fourth-order valence-electron chi connectivity index (χ4n) is 3.68. The van der Waals surface area contributed by atoms with Crippen LogP contribution in [0.1, 0.15) is 53.8 Å². The van der Waals surface area contributed by atoms with Crippen molar-refractivity contribution >= 4 is 28.8 Å². The number of amides is 2. The molecule has 0 atom stereocenters. The first-order chi connectivity index (χ1) is 15.9. The molecule has 0 fully saturated rings. The van der Waals surface area contributed by atoms with Crippen LogP contribution in [0.15, 0.2) is 53.9 Å². The summed E-state index contributed by atoms with van der Waals surface area (Å²) in [4.78, 5) is 31.4. The monoisotopic (exact) mass is 463 g/mol. The summed E-state index contributed by atoms with van der Waals surface area (Å²) in [5.74, 6) is 0.382. The molecule has 2 heterocycles. The van der Waals surface area contributed by atoms with E-state index in [1.165, 1.54) is 16.9 Å². The minimum Gasteiger partial charge on any atom is -0.482 e. The van der Waals surface area contributed by atoms with E-state index in [1.807, 2.05) is 42.5 Å². The summed E-state index contributed by atoms with van der Waals surface area (Å²) in [7, 11) is 0. The molecule has 0 saturated carbocycles. The summed E-state index contributed by atoms with van der Waals surface area (Å²) in [6.07, 6.45) is 1.74. The maximum atomic E-state index is 12.7. The van der Waals surface area contributed by atoms with Crippen molar-refractivity contribution in [2.75, 3.05) is 18.1 Å². The van der Waals surface area contributed by atoms with Gasteiger partial charge in [-0.15, -0.1) is 11.3 Å². The number of fused-ring (bicyclic) bond motifs is 1. The molecule has 0 aliphatic carbocycles. The van der Waals surface area contributed by atoms with Crippen LogP contribution in [0.3, 0.4) is 0 Å². The highest BCUT2D eigenvalue weighted by Crippen LogP contribution is 2.38. The maximum absolute atomic E-state index is 12.7. The van der Waals surface area contributed by atoms with Gasteiger partial charge in [0, 0.05) is 11.9 Å². The van der Waals surface area contributed by atoms with Crippen LogP contribution < -0.4 is 15.0 Å². The molecule has 2 amide bonds. The number of benzene rings is 2. The molecule has 1 N–H and O–H groups in total. The van der Waals surface area contributed by atoms with Crippen LogP contribution in [0.2, 0.25) is 0 Å². The van der Waals surface area contributed by atoms with E-state index < -0.39 is 0 Å². The molecule has 4 rings (SSSR count). The number of anilines is 1. The fraction of sp³-hybridized carbons (Fsp3) is 0.346.